The van der Waals surface area contributed by atoms with E-state index in [2.05, 4.69) is 23.1 Å². The monoisotopic (exact) mass is 136 g/mol. The number of terminal acetylenes is 1. The zero-order chi connectivity index (χ0) is 7.45. The Bertz CT molecular complexity index is 170. The van der Waals surface area contributed by atoms with Crippen LogP contribution >= 0.6 is 0 Å². The van der Waals surface area contributed by atoms with E-state index in [9.17, 15) is 0 Å². The van der Waals surface area contributed by atoms with Gasteiger partial charge >= 0.3 is 0 Å². The Hall–Kier alpha value is -0.840. The highest BCUT2D eigenvalue weighted by atomic mass is 15.4. The number of hydrogen-bond acceptors (Lipinski definition) is 2. The fraction of sp³-hybridized carbons (Fsp3) is 0.750. The molecule has 0 spiro atoms. The molecule has 0 saturated carbocycles. The number of rotatable bonds is 4. The summed E-state index contributed by atoms with van der Waals surface area (Å²) >= 11 is 0. The molecule has 2 heteroatoms. The molecule has 2 nitrogen and oxygen atoms in total. The minimum absolute atomic E-state index is 0.0406. The van der Waals surface area contributed by atoms with E-state index in [1.807, 2.05) is 0 Å². The van der Waals surface area contributed by atoms with E-state index >= 15 is 0 Å². The summed E-state index contributed by atoms with van der Waals surface area (Å²) in [4.78, 5) is 0. The van der Waals surface area contributed by atoms with Crippen molar-refractivity contribution >= 4 is 0 Å². The van der Waals surface area contributed by atoms with E-state index < -0.39 is 0 Å². The smallest absolute Gasteiger partial charge is 0.159 e. The lowest BCUT2D eigenvalue weighted by Gasteiger charge is -2.04. The topological polar surface area (TPSA) is 24.7 Å². The first-order valence-corrected chi connectivity index (χ1v) is 3.70. The maximum absolute atomic E-state index is 5.13. The highest BCUT2D eigenvalue weighted by Crippen LogP contribution is 2.37. The molecule has 10 heavy (non-hydrogen) atoms. The lowest BCUT2D eigenvalue weighted by Crippen LogP contribution is -2.08. The Balaban J connectivity index is 2.19. The molecular weight excluding hydrogens is 124 g/mol. The highest BCUT2D eigenvalue weighted by molar-refractivity contribution is 4.97. The first kappa shape index (κ1) is 7.27. The van der Waals surface area contributed by atoms with Crippen molar-refractivity contribution in [1.82, 2.24) is 0 Å². The molecule has 0 aromatic heterocycles. The molecule has 0 aromatic carbocycles. The summed E-state index contributed by atoms with van der Waals surface area (Å²) in [6.45, 7) is 2.14. The third kappa shape index (κ3) is 1.57. The average molecular weight is 136 g/mol. The molecule has 0 radical (unpaired) electrons. The van der Waals surface area contributed by atoms with Crippen LogP contribution in [0.4, 0.5) is 0 Å². The van der Waals surface area contributed by atoms with Gasteiger partial charge in [-0.05, 0) is 6.42 Å². The second kappa shape index (κ2) is 2.83. The van der Waals surface area contributed by atoms with Crippen LogP contribution in [0.5, 0.6) is 0 Å². The van der Waals surface area contributed by atoms with E-state index in [1.54, 1.807) is 0 Å². The maximum Gasteiger partial charge on any atom is 0.191 e. The summed E-state index contributed by atoms with van der Waals surface area (Å²) < 4.78 is 0. The van der Waals surface area contributed by atoms with Crippen molar-refractivity contribution in [2.75, 3.05) is 0 Å². The largest absolute Gasteiger partial charge is 0.191 e. The molecule has 54 valence electrons. The predicted octanol–water partition coefficient (Wildman–Crippen LogP) is 2.36. The SMILES string of the molecule is C#CCCC1(CCC)N=N1. The van der Waals surface area contributed by atoms with Gasteiger partial charge in [0.25, 0.3) is 0 Å². The van der Waals surface area contributed by atoms with Gasteiger partial charge in [-0.1, -0.05) is 13.3 Å². The highest BCUT2D eigenvalue weighted by Gasteiger charge is 2.37. The van der Waals surface area contributed by atoms with Crippen molar-refractivity contribution in [3.63, 3.8) is 0 Å². The molecule has 0 aromatic rings. The lowest BCUT2D eigenvalue weighted by molar-refractivity contribution is 0.507. The Morgan fingerprint density at radius 3 is 2.50 bits per heavy atom. The van der Waals surface area contributed by atoms with Gasteiger partial charge in [-0.25, -0.2) is 0 Å². The molecule has 1 aliphatic rings. The summed E-state index contributed by atoms with van der Waals surface area (Å²) in [5.41, 5.74) is -0.0406. The molecule has 0 aliphatic carbocycles. The van der Waals surface area contributed by atoms with Gasteiger partial charge in [-0.3, -0.25) is 0 Å². The lowest BCUT2D eigenvalue weighted by atomic mass is 10.0. The third-order valence-corrected chi connectivity index (χ3v) is 1.70. The van der Waals surface area contributed by atoms with Gasteiger partial charge < -0.3 is 0 Å². The van der Waals surface area contributed by atoms with Crippen molar-refractivity contribution in [2.45, 2.75) is 38.3 Å². The molecule has 1 heterocycles. The zero-order valence-corrected chi connectivity index (χ0v) is 6.30. The molecule has 0 N–H and O–H groups in total. The fourth-order valence-electron chi connectivity index (χ4n) is 1.07. The first-order valence-electron chi connectivity index (χ1n) is 3.70. The predicted molar refractivity (Wildman–Crippen MR) is 40.6 cm³/mol. The summed E-state index contributed by atoms with van der Waals surface area (Å²) in [5.74, 6) is 2.60. The standard InChI is InChI=1S/C8H12N2/c1-3-5-7-8(6-4-2)9-10-8/h1H,4-7H2,2H3. The molecule has 1 aliphatic heterocycles. The van der Waals surface area contributed by atoms with Gasteiger partial charge in [-0.15, -0.1) is 12.3 Å². The summed E-state index contributed by atoms with van der Waals surface area (Å²) in [7, 11) is 0. The van der Waals surface area contributed by atoms with Crippen molar-refractivity contribution in [3.05, 3.63) is 0 Å². The van der Waals surface area contributed by atoms with Gasteiger partial charge in [0, 0.05) is 12.8 Å². The number of hydrogen-bond donors (Lipinski definition) is 0. The third-order valence-electron chi connectivity index (χ3n) is 1.70. The maximum atomic E-state index is 5.13. The van der Waals surface area contributed by atoms with Crippen LogP contribution in [0.3, 0.4) is 0 Å². The van der Waals surface area contributed by atoms with E-state index in [-0.39, 0.29) is 5.66 Å². The van der Waals surface area contributed by atoms with E-state index in [1.165, 1.54) is 0 Å². The van der Waals surface area contributed by atoms with Crippen LogP contribution < -0.4 is 0 Å². The van der Waals surface area contributed by atoms with Crippen LogP contribution in [-0.2, 0) is 0 Å². The van der Waals surface area contributed by atoms with Crippen LogP contribution in [0.25, 0.3) is 0 Å². The Labute approximate surface area is 61.7 Å². The second-order valence-corrected chi connectivity index (χ2v) is 2.64. The Morgan fingerprint density at radius 2 is 2.10 bits per heavy atom. The minimum Gasteiger partial charge on any atom is -0.159 e. The fourth-order valence-corrected chi connectivity index (χ4v) is 1.07. The molecule has 0 unspecified atom stereocenters. The average Bonchev–Trinajstić information content (AvgIpc) is 2.67. The molecule has 1 rings (SSSR count). The zero-order valence-electron chi connectivity index (χ0n) is 6.30. The Morgan fingerprint density at radius 1 is 1.40 bits per heavy atom. The van der Waals surface area contributed by atoms with Gasteiger partial charge in [0.15, 0.2) is 5.66 Å². The van der Waals surface area contributed by atoms with E-state index in [0.29, 0.717) is 0 Å². The van der Waals surface area contributed by atoms with E-state index in [4.69, 9.17) is 6.42 Å². The van der Waals surface area contributed by atoms with Crippen LogP contribution in [0, 0.1) is 12.3 Å². The van der Waals surface area contributed by atoms with Gasteiger partial charge in [0.2, 0.25) is 0 Å². The summed E-state index contributed by atoms with van der Waals surface area (Å²) in [6, 6.07) is 0. The number of nitrogens with zero attached hydrogens (tertiary/aromatic N) is 2. The normalized spacial score (nSPS) is 18.4. The van der Waals surface area contributed by atoms with Crippen molar-refractivity contribution in [2.24, 2.45) is 10.2 Å². The summed E-state index contributed by atoms with van der Waals surface area (Å²) in [6.07, 6.45) is 9.07. The first-order chi connectivity index (χ1) is 4.83. The molecule has 0 bridgehead atoms. The van der Waals surface area contributed by atoms with Crippen LogP contribution in [0.2, 0.25) is 0 Å². The van der Waals surface area contributed by atoms with Gasteiger partial charge in [-0.2, -0.15) is 10.2 Å². The Kier molecular flexibility index (Phi) is 2.06. The van der Waals surface area contributed by atoms with Gasteiger partial charge in [0.1, 0.15) is 0 Å². The van der Waals surface area contributed by atoms with Crippen molar-refractivity contribution < 1.29 is 0 Å². The molecule has 0 saturated heterocycles. The van der Waals surface area contributed by atoms with Gasteiger partial charge in [0.05, 0.1) is 0 Å². The van der Waals surface area contributed by atoms with Crippen LogP contribution in [-0.4, -0.2) is 5.66 Å². The summed E-state index contributed by atoms with van der Waals surface area (Å²) in [5, 5.41) is 7.98. The van der Waals surface area contributed by atoms with Crippen LogP contribution in [0.15, 0.2) is 10.2 Å². The molecule has 0 atom stereocenters. The van der Waals surface area contributed by atoms with E-state index in [0.717, 1.165) is 25.7 Å². The molecule has 0 amide bonds. The quantitative estimate of drug-likeness (QED) is 0.530. The van der Waals surface area contributed by atoms with Crippen molar-refractivity contribution in [3.8, 4) is 12.3 Å². The minimum atomic E-state index is -0.0406. The molecule has 0 fully saturated rings. The van der Waals surface area contributed by atoms with Crippen molar-refractivity contribution in [1.29, 1.82) is 0 Å². The molecular formula is C8H12N2. The second-order valence-electron chi connectivity index (χ2n) is 2.64. The van der Waals surface area contributed by atoms with Crippen LogP contribution in [0.1, 0.15) is 32.6 Å².